The van der Waals surface area contributed by atoms with Crippen LogP contribution in [0.15, 0.2) is 92.9 Å². The van der Waals surface area contributed by atoms with Crippen LogP contribution in [0.5, 0.6) is 5.75 Å². The Bertz CT molecular complexity index is 1310. The topological polar surface area (TPSA) is 82.0 Å². The molecule has 31 heavy (non-hydrogen) atoms. The fraction of sp³-hybridized carbons (Fsp3) is 0.0435. The number of benzene rings is 3. The fourth-order valence-corrected chi connectivity index (χ4v) is 4.46. The van der Waals surface area contributed by atoms with Gasteiger partial charge in [-0.1, -0.05) is 59.3 Å². The monoisotopic (exact) mass is 497 g/mol. The molecular weight excluding hydrogens is 482 g/mol. The van der Waals surface area contributed by atoms with Crippen LogP contribution in [0.4, 0.5) is 0 Å². The van der Waals surface area contributed by atoms with E-state index in [0.29, 0.717) is 21.3 Å². The molecule has 1 aliphatic heterocycles. The highest BCUT2D eigenvalue weighted by atomic mass is 79.9. The average molecular weight is 498 g/mol. The molecule has 0 unspecified atom stereocenters. The highest BCUT2D eigenvalue weighted by Gasteiger charge is 2.27. The lowest BCUT2D eigenvalue weighted by Gasteiger charge is -2.10. The first kappa shape index (κ1) is 21.0. The minimum atomic E-state index is -3.98. The van der Waals surface area contributed by atoms with Gasteiger partial charge in [-0.25, -0.2) is 4.79 Å². The van der Waals surface area contributed by atoms with Gasteiger partial charge >= 0.3 is 16.1 Å². The van der Waals surface area contributed by atoms with Crippen molar-refractivity contribution in [3.63, 3.8) is 0 Å². The van der Waals surface area contributed by atoms with E-state index in [-0.39, 0.29) is 10.6 Å². The van der Waals surface area contributed by atoms with E-state index < -0.39 is 16.1 Å². The zero-order valence-corrected chi connectivity index (χ0v) is 18.7. The minimum Gasteiger partial charge on any atom is -0.378 e. The van der Waals surface area contributed by atoms with Crippen LogP contribution < -0.4 is 4.18 Å². The van der Waals surface area contributed by atoms with E-state index in [2.05, 4.69) is 21.1 Å². The molecule has 8 heteroatoms. The van der Waals surface area contributed by atoms with Crippen LogP contribution in [0, 0.1) is 6.92 Å². The number of nitrogens with zero attached hydrogens (tertiary/aromatic N) is 1. The second kappa shape index (κ2) is 8.49. The van der Waals surface area contributed by atoms with Crippen molar-refractivity contribution in [3.05, 3.63) is 99.5 Å². The second-order valence-electron chi connectivity index (χ2n) is 6.78. The fourth-order valence-electron chi connectivity index (χ4n) is 2.93. The number of halogens is 1. The van der Waals surface area contributed by atoms with Crippen molar-refractivity contribution in [2.45, 2.75) is 11.8 Å². The first-order chi connectivity index (χ1) is 14.8. The molecule has 4 rings (SSSR count). The Kier molecular flexibility index (Phi) is 5.75. The van der Waals surface area contributed by atoms with Gasteiger partial charge in [0.15, 0.2) is 5.75 Å². The summed E-state index contributed by atoms with van der Waals surface area (Å²) < 4.78 is 30.8. The molecule has 3 aromatic carbocycles. The lowest BCUT2D eigenvalue weighted by Crippen LogP contribution is -2.10. The maximum Gasteiger partial charge on any atom is 0.368 e. The molecule has 1 aliphatic rings. The molecule has 0 atom stereocenters. The Morgan fingerprint density at radius 2 is 1.71 bits per heavy atom. The molecule has 0 radical (unpaired) electrons. The van der Waals surface area contributed by atoms with Crippen molar-refractivity contribution >= 4 is 43.8 Å². The van der Waals surface area contributed by atoms with Crippen molar-refractivity contribution in [2.75, 3.05) is 0 Å². The lowest BCUT2D eigenvalue weighted by atomic mass is 10.0. The van der Waals surface area contributed by atoms with Gasteiger partial charge in [0.1, 0.15) is 10.6 Å². The molecule has 0 aromatic heterocycles. The van der Waals surface area contributed by atoms with Crippen LogP contribution >= 0.6 is 15.9 Å². The summed E-state index contributed by atoms with van der Waals surface area (Å²) in [6, 6.07) is 20.4. The van der Waals surface area contributed by atoms with Crippen molar-refractivity contribution in [3.8, 4) is 5.75 Å². The summed E-state index contributed by atoms with van der Waals surface area (Å²) in [7, 11) is -3.98. The molecule has 0 saturated heterocycles. The summed E-state index contributed by atoms with van der Waals surface area (Å²) in [5.41, 5.74) is 3.08. The molecule has 0 saturated carbocycles. The van der Waals surface area contributed by atoms with E-state index >= 15 is 0 Å². The van der Waals surface area contributed by atoms with Crippen LogP contribution in [0.25, 0.3) is 6.08 Å². The van der Waals surface area contributed by atoms with Gasteiger partial charge in [0.25, 0.3) is 0 Å². The van der Waals surface area contributed by atoms with Crippen LogP contribution in [0.1, 0.15) is 16.7 Å². The largest absolute Gasteiger partial charge is 0.378 e. The molecule has 0 bridgehead atoms. The van der Waals surface area contributed by atoms with E-state index in [1.165, 1.54) is 18.2 Å². The van der Waals surface area contributed by atoms with Gasteiger partial charge in [-0.15, -0.1) is 0 Å². The van der Waals surface area contributed by atoms with Gasteiger partial charge in [0.05, 0.1) is 10.0 Å². The Morgan fingerprint density at radius 1 is 1.00 bits per heavy atom. The van der Waals surface area contributed by atoms with Crippen LogP contribution in [-0.2, 0) is 19.8 Å². The van der Waals surface area contributed by atoms with Gasteiger partial charge in [-0.2, -0.15) is 8.42 Å². The molecular formula is C23H16BrNO5S. The number of rotatable bonds is 5. The normalized spacial score (nSPS) is 15.0. The second-order valence-corrected chi connectivity index (χ2v) is 9.18. The quantitative estimate of drug-likeness (QED) is 0.285. The summed E-state index contributed by atoms with van der Waals surface area (Å²) >= 11 is 3.34. The van der Waals surface area contributed by atoms with Crippen molar-refractivity contribution in [2.24, 2.45) is 5.16 Å². The van der Waals surface area contributed by atoms with E-state index in [9.17, 15) is 13.2 Å². The molecule has 0 aliphatic carbocycles. The SMILES string of the molecule is Cc1ccc(S(=O)(=O)Oc2ccc(/C=C3\C(=O)ON=C3c3ccccc3)cc2Br)cc1. The van der Waals surface area contributed by atoms with Gasteiger partial charge in [-0.05, 0) is 58.8 Å². The van der Waals surface area contributed by atoms with Gasteiger partial charge in [0.2, 0.25) is 0 Å². The standard InChI is InChI=1S/C23H16BrNO5S/c1-15-7-10-18(11-8-15)31(27,28)30-21-12-9-16(14-20(21)24)13-19-22(25-29-23(19)26)17-5-3-2-4-6-17/h2-14H,1H3/b19-13-. The third-order valence-corrected chi connectivity index (χ3v) is 6.39. The van der Waals surface area contributed by atoms with Crippen molar-refractivity contribution < 1.29 is 22.2 Å². The number of oxime groups is 1. The predicted octanol–water partition coefficient (Wildman–Crippen LogP) is 4.87. The molecule has 0 amide bonds. The number of hydrogen-bond acceptors (Lipinski definition) is 6. The highest BCUT2D eigenvalue weighted by Crippen LogP contribution is 2.30. The first-order valence-electron chi connectivity index (χ1n) is 9.21. The first-order valence-corrected chi connectivity index (χ1v) is 11.4. The zero-order chi connectivity index (χ0) is 22.0. The van der Waals surface area contributed by atoms with Gasteiger partial charge < -0.3 is 9.02 Å². The Hall–Kier alpha value is -3.23. The Balaban J connectivity index is 1.61. The highest BCUT2D eigenvalue weighted by molar-refractivity contribution is 9.10. The third kappa shape index (κ3) is 4.60. The maximum atomic E-state index is 12.5. The molecule has 6 nitrogen and oxygen atoms in total. The number of carbonyl (C=O) groups excluding carboxylic acids is 1. The Morgan fingerprint density at radius 3 is 2.39 bits per heavy atom. The molecule has 3 aromatic rings. The summed E-state index contributed by atoms with van der Waals surface area (Å²) in [5, 5.41) is 3.88. The number of hydrogen-bond donors (Lipinski definition) is 0. The predicted molar refractivity (Wildman–Crippen MR) is 120 cm³/mol. The zero-order valence-electron chi connectivity index (χ0n) is 16.3. The summed E-state index contributed by atoms with van der Waals surface area (Å²) in [5.74, 6) is -0.425. The molecule has 156 valence electrons. The molecule has 1 heterocycles. The number of aryl methyl sites for hydroxylation is 1. The van der Waals surface area contributed by atoms with Crippen molar-refractivity contribution in [1.82, 2.24) is 0 Å². The summed E-state index contributed by atoms with van der Waals surface area (Å²) in [6.45, 7) is 1.87. The van der Waals surface area contributed by atoms with Gasteiger partial charge in [-0.3, -0.25) is 0 Å². The van der Waals surface area contributed by atoms with Crippen LogP contribution in [0.3, 0.4) is 0 Å². The van der Waals surface area contributed by atoms with Crippen molar-refractivity contribution in [1.29, 1.82) is 0 Å². The Labute approximate surface area is 188 Å². The van der Waals surface area contributed by atoms with E-state index in [1.807, 2.05) is 37.3 Å². The smallest absolute Gasteiger partial charge is 0.368 e. The van der Waals surface area contributed by atoms with Gasteiger partial charge in [0, 0.05) is 5.56 Å². The van der Waals surface area contributed by atoms with Crippen LogP contribution in [-0.4, -0.2) is 20.1 Å². The molecule has 0 spiro atoms. The van der Waals surface area contributed by atoms with E-state index in [4.69, 9.17) is 9.02 Å². The number of carbonyl (C=O) groups is 1. The average Bonchev–Trinajstić information content (AvgIpc) is 3.11. The molecule has 0 N–H and O–H groups in total. The third-order valence-electron chi connectivity index (χ3n) is 4.52. The molecule has 0 fully saturated rings. The lowest BCUT2D eigenvalue weighted by molar-refractivity contribution is -0.136. The maximum absolute atomic E-state index is 12.5. The minimum absolute atomic E-state index is 0.0635. The van der Waals surface area contributed by atoms with E-state index in [1.54, 1.807) is 30.3 Å². The van der Waals surface area contributed by atoms with Crippen LogP contribution in [0.2, 0.25) is 0 Å². The van der Waals surface area contributed by atoms with E-state index in [0.717, 1.165) is 11.1 Å². The summed E-state index contributed by atoms with van der Waals surface area (Å²) in [6.07, 6.45) is 1.63. The summed E-state index contributed by atoms with van der Waals surface area (Å²) in [4.78, 5) is 17.1.